The Kier molecular flexibility index (Phi) is 7.40. The molecule has 0 rings (SSSR count). The van der Waals surface area contributed by atoms with Gasteiger partial charge in [-0.2, -0.15) is 0 Å². The van der Waals surface area contributed by atoms with Crippen molar-refractivity contribution >= 4 is 5.97 Å². The molecule has 2 unspecified atom stereocenters. The van der Waals surface area contributed by atoms with E-state index in [-0.39, 0.29) is 12.5 Å². The van der Waals surface area contributed by atoms with Crippen molar-refractivity contribution in [2.24, 2.45) is 11.0 Å². The van der Waals surface area contributed by atoms with E-state index >= 15 is 0 Å². The molecule has 6 heteroatoms. The third-order valence-electron chi connectivity index (χ3n) is 2.22. The average molecular weight is 214 g/mol. The molecule has 0 saturated carbocycles. The van der Waals surface area contributed by atoms with Gasteiger partial charge in [0.05, 0.1) is 0 Å². The molecule has 0 aromatic heterocycles. The van der Waals surface area contributed by atoms with Crippen LogP contribution in [0.1, 0.15) is 26.7 Å². The van der Waals surface area contributed by atoms with Crippen LogP contribution in [0.5, 0.6) is 0 Å². The maximum absolute atomic E-state index is 10.9. The summed E-state index contributed by atoms with van der Waals surface area (Å²) in [5.41, 5.74) is 8.05. The number of rotatable bonds is 8. The lowest BCUT2D eigenvalue weighted by atomic mass is 9.97. The molecule has 0 aliphatic carbocycles. The molecule has 2 atom stereocenters. The lowest BCUT2D eigenvalue weighted by molar-refractivity contribution is -0.140. The fourth-order valence-electron chi connectivity index (χ4n) is 1.47. The highest BCUT2D eigenvalue weighted by molar-refractivity contribution is 5.73. The first-order valence-corrected chi connectivity index (χ1v) is 5.10. The van der Waals surface area contributed by atoms with Gasteiger partial charge in [0, 0.05) is 18.0 Å². The zero-order valence-electron chi connectivity index (χ0n) is 9.18. The van der Waals surface area contributed by atoms with Gasteiger partial charge in [-0.05, 0) is 17.9 Å². The van der Waals surface area contributed by atoms with Gasteiger partial charge in [-0.15, -0.1) is 0 Å². The normalized spacial score (nSPS) is 14.0. The summed E-state index contributed by atoms with van der Waals surface area (Å²) in [4.78, 5) is 13.5. The van der Waals surface area contributed by atoms with Crippen molar-refractivity contribution < 1.29 is 9.90 Å². The van der Waals surface area contributed by atoms with E-state index in [0.717, 1.165) is 12.8 Å². The number of carboxylic acid groups (broad SMARTS) is 1. The summed E-state index contributed by atoms with van der Waals surface area (Å²) in [5, 5.41) is 15.2. The molecule has 0 fully saturated rings. The van der Waals surface area contributed by atoms with Gasteiger partial charge < -0.3 is 10.4 Å². The first kappa shape index (κ1) is 13.7. The largest absolute Gasteiger partial charge is 0.480 e. The van der Waals surface area contributed by atoms with E-state index in [9.17, 15) is 4.79 Å². The highest BCUT2D eigenvalue weighted by Crippen LogP contribution is 2.10. The molecule has 0 radical (unpaired) electrons. The predicted octanol–water partition coefficient (Wildman–Crippen LogP) is 1.78. The van der Waals surface area contributed by atoms with Crippen LogP contribution >= 0.6 is 0 Å². The Morgan fingerprint density at radius 3 is 2.80 bits per heavy atom. The summed E-state index contributed by atoms with van der Waals surface area (Å²) in [7, 11) is 0. The highest BCUT2D eigenvalue weighted by Gasteiger charge is 2.22. The molecule has 15 heavy (non-hydrogen) atoms. The number of aliphatic carboxylic acids is 1. The fourth-order valence-corrected chi connectivity index (χ4v) is 1.47. The maximum Gasteiger partial charge on any atom is 0.320 e. The molecule has 0 bridgehead atoms. The smallest absolute Gasteiger partial charge is 0.320 e. The molecule has 0 aliphatic rings. The van der Waals surface area contributed by atoms with Gasteiger partial charge >= 0.3 is 5.97 Å². The van der Waals surface area contributed by atoms with Crippen molar-refractivity contribution in [3.63, 3.8) is 0 Å². The van der Waals surface area contributed by atoms with Crippen LogP contribution < -0.4 is 5.32 Å². The Hall–Kier alpha value is -1.26. The van der Waals surface area contributed by atoms with Gasteiger partial charge in [-0.1, -0.05) is 25.4 Å². The van der Waals surface area contributed by atoms with E-state index in [1.807, 2.05) is 13.8 Å². The zero-order chi connectivity index (χ0) is 11.7. The van der Waals surface area contributed by atoms with E-state index in [2.05, 4.69) is 15.3 Å². The summed E-state index contributed by atoms with van der Waals surface area (Å²) in [6, 6.07) is -0.557. The van der Waals surface area contributed by atoms with Crippen molar-refractivity contribution in [2.45, 2.75) is 32.7 Å². The van der Waals surface area contributed by atoms with Crippen molar-refractivity contribution in [3.05, 3.63) is 10.4 Å². The van der Waals surface area contributed by atoms with E-state index in [4.69, 9.17) is 10.6 Å². The molecule has 0 aromatic carbocycles. The fraction of sp³-hybridized carbons (Fsp3) is 0.889. The van der Waals surface area contributed by atoms with Gasteiger partial charge in [0.1, 0.15) is 6.04 Å². The Bertz CT molecular complexity index is 238. The van der Waals surface area contributed by atoms with Gasteiger partial charge in [0.25, 0.3) is 0 Å². The molecule has 6 nitrogen and oxygen atoms in total. The summed E-state index contributed by atoms with van der Waals surface area (Å²) in [6.45, 7) is 4.60. The second kappa shape index (κ2) is 8.08. The van der Waals surface area contributed by atoms with Gasteiger partial charge in [-0.3, -0.25) is 4.79 Å². The Morgan fingerprint density at radius 1 is 1.67 bits per heavy atom. The molecule has 86 valence electrons. The predicted molar refractivity (Wildman–Crippen MR) is 57.5 cm³/mol. The number of hydrogen-bond donors (Lipinski definition) is 2. The number of hydrogen-bond acceptors (Lipinski definition) is 3. The molecule has 0 aromatic rings. The van der Waals surface area contributed by atoms with Crippen LogP contribution in [-0.4, -0.2) is 30.2 Å². The Balaban J connectivity index is 4.03. The second-order valence-corrected chi connectivity index (χ2v) is 3.49. The SMILES string of the molecule is CCCC(C)C(NCCN=[N+]=[N-])C(=O)O. The summed E-state index contributed by atoms with van der Waals surface area (Å²) < 4.78 is 0. The van der Waals surface area contributed by atoms with Crippen LogP contribution in [0.25, 0.3) is 10.4 Å². The van der Waals surface area contributed by atoms with E-state index in [1.165, 1.54) is 0 Å². The standard InChI is InChI=1S/C9H18N4O2/c1-3-4-7(2)8(9(14)15)11-5-6-12-13-10/h7-8,11H,3-6H2,1-2H3,(H,14,15). The first-order valence-electron chi connectivity index (χ1n) is 5.10. The number of nitrogens with zero attached hydrogens (tertiary/aromatic N) is 3. The van der Waals surface area contributed by atoms with Crippen molar-refractivity contribution in [1.29, 1.82) is 0 Å². The molecule has 0 spiro atoms. The number of azide groups is 1. The molecular formula is C9H18N4O2. The quantitative estimate of drug-likeness (QED) is 0.279. The number of nitrogens with one attached hydrogen (secondary N) is 1. The molecular weight excluding hydrogens is 196 g/mol. The molecule has 0 aliphatic heterocycles. The topological polar surface area (TPSA) is 98.1 Å². The van der Waals surface area contributed by atoms with Crippen LogP contribution in [0.4, 0.5) is 0 Å². The minimum Gasteiger partial charge on any atom is -0.480 e. The summed E-state index contributed by atoms with van der Waals surface area (Å²) in [5.74, 6) is -0.768. The van der Waals surface area contributed by atoms with Crippen LogP contribution in [0.3, 0.4) is 0 Å². The monoisotopic (exact) mass is 214 g/mol. The van der Waals surface area contributed by atoms with Crippen LogP contribution in [0, 0.1) is 5.92 Å². The molecule has 2 N–H and O–H groups in total. The number of carboxylic acids is 1. The van der Waals surface area contributed by atoms with Crippen molar-refractivity contribution in [1.82, 2.24) is 5.32 Å². The molecule has 0 heterocycles. The molecule has 0 saturated heterocycles. The van der Waals surface area contributed by atoms with E-state index in [1.54, 1.807) is 0 Å². The number of carbonyl (C=O) groups is 1. The minimum absolute atomic E-state index is 0.0820. The third-order valence-corrected chi connectivity index (χ3v) is 2.22. The van der Waals surface area contributed by atoms with Crippen LogP contribution in [-0.2, 0) is 4.79 Å². The summed E-state index contributed by atoms with van der Waals surface area (Å²) >= 11 is 0. The van der Waals surface area contributed by atoms with E-state index < -0.39 is 12.0 Å². The maximum atomic E-state index is 10.9. The van der Waals surface area contributed by atoms with Crippen molar-refractivity contribution in [2.75, 3.05) is 13.1 Å². The van der Waals surface area contributed by atoms with Crippen molar-refractivity contribution in [3.8, 4) is 0 Å². The lowest BCUT2D eigenvalue weighted by Gasteiger charge is -2.20. The zero-order valence-corrected chi connectivity index (χ0v) is 9.18. The van der Waals surface area contributed by atoms with Crippen LogP contribution in [0.15, 0.2) is 5.11 Å². The van der Waals surface area contributed by atoms with E-state index in [0.29, 0.717) is 6.54 Å². The van der Waals surface area contributed by atoms with Gasteiger partial charge in [0.2, 0.25) is 0 Å². The summed E-state index contributed by atoms with van der Waals surface area (Å²) in [6.07, 6.45) is 1.83. The first-order chi connectivity index (χ1) is 7.13. The highest BCUT2D eigenvalue weighted by atomic mass is 16.4. The second-order valence-electron chi connectivity index (χ2n) is 3.49. The lowest BCUT2D eigenvalue weighted by Crippen LogP contribution is -2.42. The van der Waals surface area contributed by atoms with Crippen LogP contribution in [0.2, 0.25) is 0 Å². The van der Waals surface area contributed by atoms with Gasteiger partial charge in [-0.25, -0.2) is 0 Å². The Labute approximate surface area is 89.3 Å². The Morgan fingerprint density at radius 2 is 2.33 bits per heavy atom. The van der Waals surface area contributed by atoms with Gasteiger partial charge in [0.15, 0.2) is 0 Å². The average Bonchev–Trinajstić information content (AvgIpc) is 2.17. The third kappa shape index (κ3) is 5.93. The molecule has 0 amide bonds. The minimum atomic E-state index is -0.850.